The van der Waals surface area contributed by atoms with E-state index >= 15 is 0 Å². The van der Waals surface area contributed by atoms with Crippen LogP contribution in [0.3, 0.4) is 0 Å². The molecule has 28 heavy (non-hydrogen) atoms. The van der Waals surface area contributed by atoms with Gasteiger partial charge in [-0.05, 0) is 104 Å². The van der Waals surface area contributed by atoms with Crippen LogP contribution in [0.15, 0.2) is 0 Å². The van der Waals surface area contributed by atoms with E-state index in [2.05, 4.69) is 34.6 Å². The Kier molecular flexibility index (Phi) is 4.60. The third kappa shape index (κ3) is 2.47. The number of hydrogen-bond donors (Lipinski definition) is 1. The van der Waals surface area contributed by atoms with Crippen molar-refractivity contribution < 1.29 is 5.11 Å². The molecule has 0 heterocycles. The summed E-state index contributed by atoms with van der Waals surface area (Å²) in [5, 5.41) is 11.3. The van der Waals surface area contributed by atoms with Crippen molar-refractivity contribution in [2.75, 3.05) is 0 Å². The fraction of sp³-hybridized carbons (Fsp3) is 1.00. The lowest BCUT2D eigenvalue weighted by Crippen LogP contribution is -2.56. The Hall–Kier alpha value is -0.0400. The Morgan fingerprint density at radius 1 is 0.929 bits per heavy atom. The zero-order valence-electron chi connectivity index (χ0n) is 19.3. The molecule has 10 atom stereocenters. The van der Waals surface area contributed by atoms with Gasteiger partial charge in [-0.2, -0.15) is 0 Å². The third-order valence-corrected chi connectivity index (χ3v) is 11.8. The van der Waals surface area contributed by atoms with E-state index in [1.54, 1.807) is 0 Å². The zero-order chi connectivity index (χ0) is 19.9. The van der Waals surface area contributed by atoms with Crippen molar-refractivity contribution in [2.24, 2.45) is 57.7 Å². The predicted molar refractivity (Wildman–Crippen MR) is 117 cm³/mol. The van der Waals surface area contributed by atoms with E-state index in [0.717, 1.165) is 47.8 Å². The predicted octanol–water partition coefficient (Wildman–Crippen LogP) is 7.08. The van der Waals surface area contributed by atoms with Gasteiger partial charge in [-0.15, -0.1) is 0 Å². The lowest BCUT2D eigenvalue weighted by molar-refractivity contribution is -0.152. The van der Waals surface area contributed by atoms with Crippen molar-refractivity contribution in [3.05, 3.63) is 0 Å². The van der Waals surface area contributed by atoms with Gasteiger partial charge >= 0.3 is 0 Å². The summed E-state index contributed by atoms with van der Waals surface area (Å²) in [6, 6.07) is 0. The summed E-state index contributed by atoms with van der Waals surface area (Å²) >= 11 is 0. The third-order valence-electron chi connectivity index (χ3n) is 11.8. The van der Waals surface area contributed by atoms with Crippen LogP contribution in [0.4, 0.5) is 0 Å². The van der Waals surface area contributed by atoms with Gasteiger partial charge in [0.15, 0.2) is 0 Å². The topological polar surface area (TPSA) is 20.2 Å². The lowest BCUT2D eigenvalue weighted by Gasteiger charge is -2.60. The van der Waals surface area contributed by atoms with E-state index in [-0.39, 0.29) is 6.10 Å². The van der Waals surface area contributed by atoms with Gasteiger partial charge in [0.05, 0.1) is 6.10 Å². The highest BCUT2D eigenvalue weighted by Crippen LogP contribution is 2.81. The summed E-state index contributed by atoms with van der Waals surface area (Å²) in [7, 11) is 0. The summed E-state index contributed by atoms with van der Waals surface area (Å²) in [6.07, 6.45) is 15.4. The molecule has 160 valence electrons. The molecule has 0 aromatic rings. The van der Waals surface area contributed by atoms with Crippen LogP contribution in [0.5, 0.6) is 0 Å². The Balaban J connectivity index is 1.34. The molecule has 0 aliphatic heterocycles. The smallest absolute Gasteiger partial charge is 0.0607 e. The van der Waals surface area contributed by atoms with Crippen molar-refractivity contribution in [1.29, 1.82) is 0 Å². The molecule has 0 amide bonds. The summed E-state index contributed by atoms with van der Waals surface area (Å²) in [5.41, 5.74) is 1.37. The normalized spacial score (nSPS) is 55.4. The fourth-order valence-electron chi connectivity index (χ4n) is 10.3. The molecule has 5 aliphatic carbocycles. The maximum absolute atomic E-state index is 11.3. The average molecular weight is 387 g/mol. The van der Waals surface area contributed by atoms with Crippen LogP contribution < -0.4 is 0 Å². The van der Waals surface area contributed by atoms with Gasteiger partial charge in [-0.25, -0.2) is 0 Å². The summed E-state index contributed by atoms with van der Waals surface area (Å²) in [5.74, 6) is 6.17. The Morgan fingerprint density at radius 3 is 2.43 bits per heavy atom. The van der Waals surface area contributed by atoms with Crippen molar-refractivity contribution >= 4 is 0 Å². The monoisotopic (exact) mass is 386 g/mol. The second kappa shape index (κ2) is 6.48. The van der Waals surface area contributed by atoms with Gasteiger partial charge in [-0.1, -0.05) is 53.9 Å². The highest BCUT2D eigenvalue weighted by molar-refractivity contribution is 5.25. The molecular formula is C27H46O. The Morgan fingerprint density at radius 2 is 1.71 bits per heavy atom. The number of aliphatic hydroxyl groups is 1. The molecular weight excluding hydrogens is 340 g/mol. The number of rotatable bonds is 5. The van der Waals surface area contributed by atoms with Crippen LogP contribution in [-0.4, -0.2) is 11.2 Å². The van der Waals surface area contributed by atoms with Crippen LogP contribution in [-0.2, 0) is 0 Å². The molecule has 5 rings (SSSR count). The van der Waals surface area contributed by atoms with E-state index in [1.165, 1.54) is 64.2 Å². The number of aliphatic hydroxyl groups excluding tert-OH is 1. The molecule has 5 aliphatic rings. The van der Waals surface area contributed by atoms with Gasteiger partial charge in [0.25, 0.3) is 0 Å². The van der Waals surface area contributed by atoms with Crippen LogP contribution in [0.1, 0.15) is 105 Å². The van der Waals surface area contributed by atoms with Crippen LogP contribution in [0, 0.1) is 57.7 Å². The Labute approximate surface area is 174 Å². The van der Waals surface area contributed by atoms with E-state index in [4.69, 9.17) is 0 Å². The minimum Gasteiger partial charge on any atom is -0.393 e. The zero-order valence-corrected chi connectivity index (χ0v) is 19.3. The van der Waals surface area contributed by atoms with Crippen molar-refractivity contribution in [2.45, 2.75) is 111 Å². The summed E-state index contributed by atoms with van der Waals surface area (Å²) < 4.78 is 0. The first kappa shape index (κ1) is 19.9. The first-order valence-corrected chi connectivity index (χ1v) is 12.9. The molecule has 5 saturated carbocycles. The molecule has 1 N–H and O–H groups in total. The molecule has 0 saturated heterocycles. The minimum absolute atomic E-state index is 0.0103. The average Bonchev–Trinajstić information content (AvgIpc) is 3.15. The second-order valence-electron chi connectivity index (χ2n) is 13.1. The van der Waals surface area contributed by atoms with Crippen LogP contribution in [0.2, 0.25) is 0 Å². The summed E-state index contributed by atoms with van der Waals surface area (Å²) in [6.45, 7) is 12.6. The standard InChI is InChI=1S/C27H46O/c1-17(2)7-6-8-18(3)21-9-10-22-20-15-24(28)27-16-19(27)11-14-26(27,5)23(20)12-13-25(21,22)4/h17-24,28H,6-16H2,1-5H3/t18-,19+,20+,21-,22+,23+,24-,25-,26-,27+/m1/s1. The van der Waals surface area contributed by atoms with Gasteiger partial charge in [0, 0.05) is 5.41 Å². The molecule has 1 heteroatoms. The van der Waals surface area contributed by atoms with Gasteiger partial charge < -0.3 is 5.11 Å². The van der Waals surface area contributed by atoms with Gasteiger partial charge in [0.2, 0.25) is 0 Å². The molecule has 1 nitrogen and oxygen atoms in total. The van der Waals surface area contributed by atoms with E-state index in [0.29, 0.717) is 16.2 Å². The van der Waals surface area contributed by atoms with Crippen LogP contribution in [0.25, 0.3) is 0 Å². The van der Waals surface area contributed by atoms with Gasteiger partial charge in [-0.3, -0.25) is 0 Å². The molecule has 0 radical (unpaired) electrons. The first-order valence-electron chi connectivity index (χ1n) is 12.9. The van der Waals surface area contributed by atoms with Crippen molar-refractivity contribution in [1.82, 2.24) is 0 Å². The highest BCUT2D eigenvalue weighted by atomic mass is 16.3. The minimum atomic E-state index is 0.0103. The fourth-order valence-corrected chi connectivity index (χ4v) is 10.3. The molecule has 0 aromatic carbocycles. The Bertz CT molecular complexity index is 611. The van der Waals surface area contributed by atoms with Crippen molar-refractivity contribution in [3.63, 3.8) is 0 Å². The van der Waals surface area contributed by atoms with Crippen molar-refractivity contribution in [3.8, 4) is 0 Å². The van der Waals surface area contributed by atoms with Crippen LogP contribution >= 0.6 is 0 Å². The highest BCUT2D eigenvalue weighted by Gasteiger charge is 2.77. The first-order chi connectivity index (χ1) is 13.2. The molecule has 0 bridgehead atoms. The maximum atomic E-state index is 11.3. The summed E-state index contributed by atoms with van der Waals surface area (Å²) in [4.78, 5) is 0. The van der Waals surface area contributed by atoms with E-state index in [9.17, 15) is 5.11 Å². The lowest BCUT2D eigenvalue weighted by atomic mass is 9.45. The largest absolute Gasteiger partial charge is 0.393 e. The maximum Gasteiger partial charge on any atom is 0.0607 e. The SMILES string of the molecule is CC(C)CCC[C@@H](C)[C@H]1CC[C@H]2[C@@H]3C[C@@H](O)[C@]45C[C@@H]4CC[C@]5(C)[C@H]3CC[C@]12C. The number of hydrogen-bond acceptors (Lipinski definition) is 1. The quantitative estimate of drug-likeness (QED) is 0.535. The molecule has 0 aromatic heterocycles. The molecule has 5 fully saturated rings. The van der Waals surface area contributed by atoms with Gasteiger partial charge in [0.1, 0.15) is 0 Å². The van der Waals surface area contributed by atoms with E-state index in [1.807, 2.05) is 0 Å². The van der Waals surface area contributed by atoms with E-state index < -0.39 is 0 Å². The second-order valence-corrected chi connectivity index (χ2v) is 13.1. The molecule has 1 spiro atoms. The number of fused-ring (bicyclic) bond motifs is 4. The molecule has 0 unspecified atom stereocenters.